The molecule has 1 saturated carbocycles. The molecule has 1 fully saturated rings. The lowest BCUT2D eigenvalue weighted by atomic mass is 9.92. The van der Waals surface area contributed by atoms with Crippen LogP contribution in [-0.4, -0.2) is 47.1 Å². The molecule has 1 aromatic heterocycles. The van der Waals surface area contributed by atoms with Crippen LogP contribution in [0.4, 0.5) is 5.82 Å². The van der Waals surface area contributed by atoms with E-state index in [1.54, 1.807) is 0 Å². The smallest absolute Gasteiger partial charge is 0.331 e. The van der Waals surface area contributed by atoms with Crippen molar-refractivity contribution in [1.29, 1.82) is 0 Å². The van der Waals surface area contributed by atoms with Crippen LogP contribution in [0.15, 0.2) is 6.20 Å². The first-order valence-corrected chi connectivity index (χ1v) is 11.3. The Balaban J connectivity index is 2.28. The zero-order chi connectivity index (χ0) is 23.1. The van der Waals surface area contributed by atoms with Crippen molar-refractivity contribution in [1.82, 2.24) is 15.3 Å². The van der Waals surface area contributed by atoms with Gasteiger partial charge in [-0.05, 0) is 31.1 Å². The number of amides is 1. The molecule has 0 spiro atoms. The van der Waals surface area contributed by atoms with Crippen LogP contribution >= 0.6 is 0 Å². The maximum Gasteiger partial charge on any atom is 0.331 e. The Morgan fingerprint density at radius 1 is 1.13 bits per heavy atom. The van der Waals surface area contributed by atoms with Crippen LogP contribution in [0.25, 0.3) is 0 Å². The lowest BCUT2D eigenvalue weighted by molar-refractivity contribution is -0.148. The van der Waals surface area contributed by atoms with Gasteiger partial charge in [-0.15, -0.1) is 0 Å². The molecule has 0 bridgehead atoms. The van der Waals surface area contributed by atoms with E-state index in [9.17, 15) is 9.59 Å². The maximum atomic E-state index is 13.0. The largest absolute Gasteiger partial charge is 0.474 e. The number of nitrogens with zero attached hydrogens (tertiary/aromatic N) is 2. The van der Waals surface area contributed by atoms with Gasteiger partial charge in [0, 0.05) is 6.04 Å². The second-order valence-electron chi connectivity index (χ2n) is 9.47. The average Bonchev–Trinajstić information content (AvgIpc) is 2.76. The second-order valence-corrected chi connectivity index (χ2v) is 9.47. The van der Waals surface area contributed by atoms with Crippen LogP contribution in [0.1, 0.15) is 90.1 Å². The first-order valence-electron chi connectivity index (χ1n) is 11.3. The summed E-state index contributed by atoms with van der Waals surface area (Å²) >= 11 is 0. The van der Waals surface area contributed by atoms with E-state index < -0.39 is 17.4 Å². The molecule has 174 valence electrons. The fraction of sp³-hybridized carbons (Fsp3) is 0.739. The molecule has 8 heteroatoms. The lowest BCUT2D eigenvalue weighted by Gasteiger charge is -2.29. The van der Waals surface area contributed by atoms with Crippen molar-refractivity contribution in [3.05, 3.63) is 11.9 Å². The number of hydrogen-bond donors (Lipinski definition) is 2. The molecule has 0 aliphatic heterocycles. The summed E-state index contributed by atoms with van der Waals surface area (Å²) in [4.78, 5) is 34.2. The standard InChI is InChI=1S/C23H38N4O4/c1-7-23(8-2,21(29)30-6)27-19(28)17-14-24-18(25-16-12-10-9-11-13-16)20(26-17)31-15-22(3,4)5/h14,16H,7-13,15H2,1-6H3,(H,24,25)(H,27,28). The van der Waals surface area contributed by atoms with E-state index in [0.29, 0.717) is 37.2 Å². The van der Waals surface area contributed by atoms with Crippen LogP contribution in [0.3, 0.4) is 0 Å². The van der Waals surface area contributed by atoms with E-state index >= 15 is 0 Å². The summed E-state index contributed by atoms with van der Waals surface area (Å²) in [6.07, 6.45) is 8.04. The summed E-state index contributed by atoms with van der Waals surface area (Å²) in [7, 11) is 1.32. The summed E-state index contributed by atoms with van der Waals surface area (Å²) in [5, 5.41) is 6.25. The van der Waals surface area contributed by atoms with Crippen molar-refractivity contribution in [2.75, 3.05) is 19.0 Å². The van der Waals surface area contributed by atoms with Crippen molar-refractivity contribution < 1.29 is 19.1 Å². The Morgan fingerprint density at radius 3 is 2.32 bits per heavy atom. The second kappa shape index (κ2) is 10.8. The minimum Gasteiger partial charge on any atom is -0.474 e. The van der Waals surface area contributed by atoms with Gasteiger partial charge in [-0.2, -0.15) is 0 Å². The van der Waals surface area contributed by atoms with Crippen molar-refractivity contribution >= 4 is 17.7 Å². The highest BCUT2D eigenvalue weighted by atomic mass is 16.5. The van der Waals surface area contributed by atoms with Crippen molar-refractivity contribution in [2.45, 2.75) is 91.1 Å². The van der Waals surface area contributed by atoms with Gasteiger partial charge in [-0.25, -0.2) is 14.8 Å². The lowest BCUT2D eigenvalue weighted by Crippen LogP contribution is -2.54. The van der Waals surface area contributed by atoms with Crippen LogP contribution in [0, 0.1) is 5.41 Å². The zero-order valence-corrected chi connectivity index (χ0v) is 19.8. The number of anilines is 1. The first kappa shape index (κ1) is 24.9. The molecular weight excluding hydrogens is 396 g/mol. The predicted octanol–water partition coefficient (Wildman–Crippen LogP) is 4.11. The van der Waals surface area contributed by atoms with Gasteiger partial charge in [0.15, 0.2) is 11.5 Å². The summed E-state index contributed by atoms with van der Waals surface area (Å²) in [6, 6.07) is 0.326. The maximum absolute atomic E-state index is 13.0. The molecule has 2 rings (SSSR count). The molecule has 0 unspecified atom stereocenters. The number of carbonyl (C=O) groups is 2. The molecule has 0 atom stereocenters. The van der Waals surface area contributed by atoms with Gasteiger partial charge in [0.25, 0.3) is 11.8 Å². The number of carbonyl (C=O) groups excluding carboxylic acids is 2. The Kier molecular flexibility index (Phi) is 8.65. The quantitative estimate of drug-likeness (QED) is 0.564. The summed E-state index contributed by atoms with van der Waals surface area (Å²) in [5.41, 5.74) is -1.07. The highest BCUT2D eigenvalue weighted by Crippen LogP contribution is 2.27. The van der Waals surface area contributed by atoms with E-state index in [1.807, 2.05) is 13.8 Å². The molecule has 0 aromatic carbocycles. The van der Waals surface area contributed by atoms with Gasteiger partial charge in [0.1, 0.15) is 5.54 Å². The molecular formula is C23H38N4O4. The Morgan fingerprint density at radius 2 is 1.77 bits per heavy atom. The minimum absolute atomic E-state index is 0.0769. The number of methoxy groups -OCH3 is 1. The highest BCUT2D eigenvalue weighted by molar-refractivity contribution is 5.96. The molecule has 1 amide bonds. The monoisotopic (exact) mass is 434 g/mol. The third-order valence-electron chi connectivity index (χ3n) is 5.70. The number of hydrogen-bond acceptors (Lipinski definition) is 7. The number of aromatic nitrogens is 2. The Bertz CT molecular complexity index is 750. The molecule has 1 aliphatic rings. The summed E-state index contributed by atoms with van der Waals surface area (Å²) in [6.45, 7) is 10.3. The summed E-state index contributed by atoms with van der Waals surface area (Å²) < 4.78 is 10.9. The average molecular weight is 435 g/mol. The van der Waals surface area contributed by atoms with Crippen LogP contribution < -0.4 is 15.4 Å². The fourth-order valence-corrected chi connectivity index (χ4v) is 3.65. The van der Waals surface area contributed by atoms with Crippen LogP contribution in [-0.2, 0) is 9.53 Å². The molecule has 1 aromatic rings. The number of ether oxygens (including phenoxy) is 2. The third kappa shape index (κ3) is 6.80. The topological polar surface area (TPSA) is 102 Å². The third-order valence-corrected chi connectivity index (χ3v) is 5.70. The zero-order valence-electron chi connectivity index (χ0n) is 19.8. The van der Waals surface area contributed by atoms with Gasteiger partial charge >= 0.3 is 5.97 Å². The van der Waals surface area contributed by atoms with E-state index in [1.165, 1.54) is 32.6 Å². The van der Waals surface area contributed by atoms with Crippen molar-refractivity contribution in [2.24, 2.45) is 5.41 Å². The number of esters is 1. The minimum atomic E-state index is -1.10. The molecule has 8 nitrogen and oxygen atoms in total. The van der Waals surface area contributed by atoms with E-state index in [0.717, 1.165) is 12.8 Å². The SMILES string of the molecule is CCC(CC)(NC(=O)c1cnc(NC2CCCCC2)c(OCC(C)(C)C)n1)C(=O)OC. The fourth-order valence-electron chi connectivity index (χ4n) is 3.65. The van der Waals surface area contributed by atoms with Gasteiger partial charge < -0.3 is 20.1 Å². The first-order chi connectivity index (χ1) is 14.6. The number of rotatable bonds is 9. The number of nitrogens with one attached hydrogen (secondary N) is 2. The van der Waals surface area contributed by atoms with E-state index in [4.69, 9.17) is 9.47 Å². The molecule has 0 saturated heterocycles. The highest BCUT2D eigenvalue weighted by Gasteiger charge is 2.38. The predicted molar refractivity (Wildman–Crippen MR) is 120 cm³/mol. The van der Waals surface area contributed by atoms with Crippen LogP contribution in [0.5, 0.6) is 5.88 Å². The van der Waals surface area contributed by atoms with Crippen LogP contribution in [0.2, 0.25) is 0 Å². The normalized spacial score (nSPS) is 15.3. The van der Waals surface area contributed by atoms with Crippen molar-refractivity contribution in [3.63, 3.8) is 0 Å². The Labute approximate surface area is 185 Å². The molecule has 31 heavy (non-hydrogen) atoms. The Hall–Kier alpha value is -2.38. The van der Waals surface area contributed by atoms with E-state index in [2.05, 4.69) is 41.4 Å². The molecule has 0 radical (unpaired) electrons. The van der Waals surface area contributed by atoms with Gasteiger partial charge in [0.2, 0.25) is 0 Å². The summed E-state index contributed by atoms with van der Waals surface area (Å²) in [5.74, 6) is -0.0900. The van der Waals surface area contributed by atoms with Gasteiger partial charge in [-0.1, -0.05) is 53.9 Å². The molecule has 2 N–H and O–H groups in total. The van der Waals surface area contributed by atoms with Crippen molar-refractivity contribution in [3.8, 4) is 5.88 Å². The van der Waals surface area contributed by atoms with Gasteiger partial charge in [0.05, 0.1) is 19.9 Å². The molecule has 1 heterocycles. The van der Waals surface area contributed by atoms with Gasteiger partial charge in [-0.3, -0.25) is 4.79 Å². The molecule has 1 aliphatic carbocycles. The van der Waals surface area contributed by atoms with E-state index in [-0.39, 0.29) is 11.1 Å².